The summed E-state index contributed by atoms with van der Waals surface area (Å²) in [6.45, 7) is 1.45. The van der Waals surface area contributed by atoms with Crippen LogP contribution in [-0.4, -0.2) is 23.2 Å². The molecule has 1 heterocycles. The van der Waals surface area contributed by atoms with Crippen LogP contribution >= 0.6 is 0 Å². The molecule has 0 bridgehead atoms. The van der Waals surface area contributed by atoms with Gasteiger partial charge in [-0.3, -0.25) is 4.57 Å². The summed E-state index contributed by atoms with van der Waals surface area (Å²) in [5, 5.41) is 11.2. The normalized spacial score (nSPS) is 11.8. The number of primary sulfonamides is 1. The van der Waals surface area contributed by atoms with E-state index in [-0.39, 0.29) is 11.4 Å². The second kappa shape index (κ2) is 4.35. The topological polar surface area (TPSA) is 90.9 Å². The molecule has 102 valence electrons. The number of sulfonamides is 1. The fourth-order valence-electron chi connectivity index (χ4n) is 1.64. The third-order valence-electron chi connectivity index (χ3n) is 2.60. The van der Waals surface area contributed by atoms with Gasteiger partial charge in [-0.1, -0.05) is 6.07 Å². The maximum atomic E-state index is 13.9. The van der Waals surface area contributed by atoms with Crippen LogP contribution in [0.25, 0.3) is 11.4 Å². The summed E-state index contributed by atoms with van der Waals surface area (Å²) in [7, 11) is -2.85. The molecule has 2 rings (SSSR count). The average Bonchev–Trinajstić information content (AvgIpc) is 2.67. The van der Waals surface area contributed by atoms with E-state index in [0.717, 1.165) is 10.6 Å². The molecule has 0 amide bonds. The highest BCUT2D eigenvalue weighted by molar-refractivity contribution is 7.89. The SMILES string of the molecule is Cc1ccc(F)c(-c2nnc(S(N)(=O)=O)n2C)c1F. The number of rotatable bonds is 2. The lowest BCUT2D eigenvalue weighted by atomic mass is 10.1. The van der Waals surface area contributed by atoms with Crippen molar-refractivity contribution in [3.8, 4) is 11.4 Å². The molecule has 0 spiro atoms. The molecule has 0 radical (unpaired) electrons. The molecule has 0 unspecified atom stereocenters. The van der Waals surface area contributed by atoms with Crippen LogP contribution < -0.4 is 5.14 Å². The van der Waals surface area contributed by atoms with E-state index in [4.69, 9.17) is 5.14 Å². The van der Waals surface area contributed by atoms with E-state index in [2.05, 4.69) is 10.2 Å². The van der Waals surface area contributed by atoms with Gasteiger partial charge in [0.25, 0.3) is 15.2 Å². The zero-order valence-corrected chi connectivity index (χ0v) is 10.9. The monoisotopic (exact) mass is 288 g/mol. The van der Waals surface area contributed by atoms with E-state index in [1.54, 1.807) is 0 Å². The third-order valence-corrected chi connectivity index (χ3v) is 3.46. The Labute approximate surface area is 107 Å². The maximum Gasteiger partial charge on any atom is 0.273 e. The van der Waals surface area contributed by atoms with Crippen molar-refractivity contribution in [3.05, 3.63) is 29.3 Å². The molecule has 2 N–H and O–H groups in total. The van der Waals surface area contributed by atoms with Crippen LogP contribution in [0.5, 0.6) is 0 Å². The number of hydrogen-bond acceptors (Lipinski definition) is 4. The number of nitrogens with two attached hydrogens (primary N) is 1. The lowest BCUT2D eigenvalue weighted by molar-refractivity contribution is 0.573. The first kappa shape index (κ1) is 13.6. The summed E-state index contributed by atoms with van der Waals surface area (Å²) in [6, 6.07) is 2.34. The van der Waals surface area contributed by atoms with Crippen molar-refractivity contribution in [3.63, 3.8) is 0 Å². The highest BCUT2D eigenvalue weighted by Gasteiger charge is 2.24. The molecule has 1 aromatic carbocycles. The lowest BCUT2D eigenvalue weighted by Crippen LogP contribution is -2.17. The van der Waals surface area contributed by atoms with Crippen molar-refractivity contribution in [2.45, 2.75) is 12.1 Å². The number of halogens is 2. The molecule has 0 saturated carbocycles. The zero-order chi connectivity index (χ0) is 14.4. The first-order chi connectivity index (χ1) is 8.73. The van der Waals surface area contributed by atoms with E-state index in [1.807, 2.05) is 0 Å². The minimum absolute atomic E-state index is 0.205. The van der Waals surface area contributed by atoms with E-state index >= 15 is 0 Å². The highest BCUT2D eigenvalue weighted by atomic mass is 32.2. The van der Waals surface area contributed by atoms with Crippen LogP contribution in [0.4, 0.5) is 8.78 Å². The molecule has 19 heavy (non-hydrogen) atoms. The quantitative estimate of drug-likeness (QED) is 0.881. The predicted molar refractivity (Wildman–Crippen MR) is 62.5 cm³/mol. The molecule has 1 aromatic heterocycles. The first-order valence-electron chi connectivity index (χ1n) is 5.10. The van der Waals surface area contributed by atoms with Gasteiger partial charge in [0.1, 0.15) is 11.6 Å². The third kappa shape index (κ3) is 2.22. The second-order valence-corrected chi connectivity index (χ2v) is 5.42. The minimum Gasteiger partial charge on any atom is -0.300 e. The minimum atomic E-state index is -4.11. The standard InChI is InChI=1S/C10H10F2N4O2S/c1-5-3-4-6(11)7(8(5)12)9-14-15-10(16(9)2)19(13,17)18/h3-4H,1-2H3,(H2,13,17,18). The molecule has 0 aliphatic carbocycles. The number of aromatic nitrogens is 3. The smallest absolute Gasteiger partial charge is 0.273 e. The number of aryl methyl sites for hydroxylation is 1. The average molecular weight is 288 g/mol. The molecule has 0 atom stereocenters. The Morgan fingerprint density at radius 3 is 2.42 bits per heavy atom. The molecule has 9 heteroatoms. The van der Waals surface area contributed by atoms with Crippen molar-refractivity contribution in [1.29, 1.82) is 0 Å². The highest BCUT2D eigenvalue weighted by Crippen LogP contribution is 2.27. The lowest BCUT2D eigenvalue weighted by Gasteiger charge is -2.07. The van der Waals surface area contributed by atoms with Crippen LogP contribution in [0, 0.1) is 18.6 Å². The number of benzene rings is 1. The molecule has 0 fully saturated rings. The maximum absolute atomic E-state index is 13.9. The number of hydrogen-bond donors (Lipinski definition) is 1. The van der Waals surface area contributed by atoms with Gasteiger partial charge >= 0.3 is 0 Å². The van der Waals surface area contributed by atoms with Gasteiger partial charge in [0.05, 0.1) is 5.56 Å². The molecule has 0 saturated heterocycles. The Kier molecular flexibility index (Phi) is 3.11. The van der Waals surface area contributed by atoms with Gasteiger partial charge in [0.2, 0.25) is 0 Å². The Bertz CT molecular complexity index is 755. The molecule has 0 aliphatic rings. The van der Waals surface area contributed by atoms with Crippen LogP contribution in [0.1, 0.15) is 5.56 Å². The summed E-state index contributed by atoms with van der Waals surface area (Å²) in [5.41, 5.74) is -0.235. The molecule has 0 aliphatic heterocycles. The zero-order valence-electron chi connectivity index (χ0n) is 10.1. The Morgan fingerprint density at radius 1 is 1.26 bits per heavy atom. The molecule has 2 aromatic rings. The molecular weight excluding hydrogens is 278 g/mol. The Hall–Kier alpha value is -1.87. The van der Waals surface area contributed by atoms with Crippen LogP contribution in [0.3, 0.4) is 0 Å². The van der Waals surface area contributed by atoms with Crippen LogP contribution in [0.15, 0.2) is 17.3 Å². The summed E-state index contributed by atoms with van der Waals surface area (Å²) >= 11 is 0. The van der Waals surface area contributed by atoms with Gasteiger partial charge < -0.3 is 0 Å². The molecular formula is C10H10F2N4O2S. The van der Waals surface area contributed by atoms with Gasteiger partial charge in [-0.25, -0.2) is 22.3 Å². The van der Waals surface area contributed by atoms with Crippen molar-refractivity contribution >= 4 is 10.0 Å². The van der Waals surface area contributed by atoms with Crippen LogP contribution in [0.2, 0.25) is 0 Å². The summed E-state index contributed by atoms with van der Waals surface area (Å²) in [6.07, 6.45) is 0. The summed E-state index contributed by atoms with van der Waals surface area (Å²) < 4.78 is 51.0. The van der Waals surface area contributed by atoms with Gasteiger partial charge in [-0.2, -0.15) is 0 Å². The molecule has 6 nitrogen and oxygen atoms in total. The Morgan fingerprint density at radius 2 is 1.89 bits per heavy atom. The summed E-state index contributed by atoms with van der Waals surface area (Å²) in [4.78, 5) is 0. The van der Waals surface area contributed by atoms with Crippen molar-refractivity contribution < 1.29 is 17.2 Å². The first-order valence-corrected chi connectivity index (χ1v) is 6.65. The fourth-order valence-corrected chi connectivity index (χ4v) is 2.26. The van der Waals surface area contributed by atoms with Gasteiger partial charge in [0, 0.05) is 7.05 Å². The van der Waals surface area contributed by atoms with Crippen LogP contribution in [-0.2, 0) is 17.1 Å². The van der Waals surface area contributed by atoms with E-state index in [1.165, 1.54) is 20.0 Å². The van der Waals surface area contributed by atoms with Crippen molar-refractivity contribution in [1.82, 2.24) is 14.8 Å². The van der Waals surface area contributed by atoms with Gasteiger partial charge in [-0.05, 0) is 18.6 Å². The van der Waals surface area contributed by atoms with Crippen molar-refractivity contribution in [2.24, 2.45) is 12.2 Å². The second-order valence-electron chi connectivity index (χ2n) is 3.96. The fraction of sp³-hybridized carbons (Fsp3) is 0.200. The largest absolute Gasteiger partial charge is 0.300 e. The van der Waals surface area contributed by atoms with E-state index in [9.17, 15) is 17.2 Å². The number of nitrogens with zero attached hydrogens (tertiary/aromatic N) is 3. The summed E-state index contributed by atoms with van der Waals surface area (Å²) in [5.74, 6) is -1.93. The van der Waals surface area contributed by atoms with Crippen molar-refractivity contribution in [2.75, 3.05) is 0 Å². The van der Waals surface area contributed by atoms with Gasteiger partial charge in [0.15, 0.2) is 5.82 Å². The Balaban J connectivity index is 2.75. The van der Waals surface area contributed by atoms with E-state index < -0.39 is 32.4 Å². The van der Waals surface area contributed by atoms with E-state index in [0.29, 0.717) is 0 Å². The predicted octanol–water partition coefficient (Wildman–Crippen LogP) is 0.716. The van der Waals surface area contributed by atoms with Gasteiger partial charge in [-0.15, -0.1) is 10.2 Å².